The van der Waals surface area contributed by atoms with Gasteiger partial charge in [-0.3, -0.25) is 9.59 Å². The van der Waals surface area contributed by atoms with E-state index < -0.39 is 5.41 Å². The van der Waals surface area contributed by atoms with Crippen molar-refractivity contribution in [2.75, 3.05) is 26.7 Å². The highest BCUT2D eigenvalue weighted by molar-refractivity contribution is 7.05. The number of likely N-dealkylation sites (tertiary alicyclic amines) is 2. The van der Waals surface area contributed by atoms with Gasteiger partial charge in [0.25, 0.3) is 5.91 Å². The van der Waals surface area contributed by atoms with Crippen LogP contribution in [0, 0.1) is 12.3 Å². The number of nitrogens with zero attached hydrogens (tertiary/aromatic N) is 4. The monoisotopic (exact) mass is 356 g/mol. The normalized spacial score (nSPS) is 26.0. The molecule has 2 aliphatic rings. The molecule has 2 amide bonds. The van der Waals surface area contributed by atoms with Crippen LogP contribution in [0.1, 0.15) is 33.3 Å². The maximum absolute atomic E-state index is 13.0. The zero-order valence-electron chi connectivity index (χ0n) is 14.3. The Morgan fingerprint density at radius 3 is 2.76 bits per heavy atom. The lowest BCUT2D eigenvalue weighted by molar-refractivity contribution is -0.134. The van der Waals surface area contributed by atoms with Crippen molar-refractivity contribution >= 4 is 23.3 Å². The first kappa shape index (κ1) is 16.2. The fourth-order valence-electron chi connectivity index (χ4n) is 4.22. The number of amides is 2. The molecule has 2 aromatic rings. The molecule has 0 N–H and O–H groups in total. The van der Waals surface area contributed by atoms with E-state index >= 15 is 0 Å². The lowest BCUT2D eigenvalue weighted by Crippen LogP contribution is -2.39. The molecule has 2 aliphatic heterocycles. The minimum atomic E-state index is -0.525. The summed E-state index contributed by atoms with van der Waals surface area (Å²) in [5, 5.41) is 3.97. The van der Waals surface area contributed by atoms with E-state index in [1.807, 2.05) is 32.2 Å². The molecule has 130 valence electrons. The van der Waals surface area contributed by atoms with Gasteiger partial charge in [0.15, 0.2) is 5.69 Å². The zero-order valence-corrected chi connectivity index (χ0v) is 15.1. The van der Waals surface area contributed by atoms with Crippen molar-refractivity contribution in [2.24, 2.45) is 5.41 Å². The maximum atomic E-state index is 13.0. The quantitative estimate of drug-likeness (QED) is 0.825. The first-order valence-corrected chi connectivity index (χ1v) is 9.19. The lowest BCUT2D eigenvalue weighted by Gasteiger charge is -2.28. The molecule has 1 spiro atoms. The van der Waals surface area contributed by atoms with Crippen LogP contribution < -0.4 is 0 Å². The number of carbonyl (C=O) groups excluding carboxylic acids is 2. The molecule has 0 bridgehead atoms. The van der Waals surface area contributed by atoms with Gasteiger partial charge in [-0.2, -0.15) is 0 Å². The van der Waals surface area contributed by atoms with E-state index in [0.717, 1.165) is 4.88 Å². The first-order valence-electron chi connectivity index (χ1n) is 8.42. The van der Waals surface area contributed by atoms with Crippen LogP contribution in [0.25, 0.3) is 0 Å². The average Bonchev–Trinajstić information content (AvgIpc) is 3.31. The fourth-order valence-corrected chi connectivity index (χ4v) is 4.67. The molecular weight excluding hydrogens is 336 g/mol. The van der Waals surface area contributed by atoms with Crippen LogP contribution >= 0.6 is 11.5 Å². The Morgan fingerprint density at radius 1 is 1.32 bits per heavy atom. The lowest BCUT2D eigenvalue weighted by atomic mass is 9.73. The van der Waals surface area contributed by atoms with Crippen LogP contribution in [0.3, 0.4) is 0 Å². The van der Waals surface area contributed by atoms with Crippen molar-refractivity contribution in [3.8, 4) is 0 Å². The van der Waals surface area contributed by atoms with Crippen molar-refractivity contribution in [3.63, 3.8) is 0 Å². The summed E-state index contributed by atoms with van der Waals surface area (Å²) in [6, 6.07) is 10.2. The third-order valence-electron chi connectivity index (χ3n) is 5.54. The Morgan fingerprint density at radius 2 is 2.08 bits per heavy atom. The van der Waals surface area contributed by atoms with Gasteiger partial charge in [-0.1, -0.05) is 34.8 Å². The molecule has 0 radical (unpaired) electrons. The van der Waals surface area contributed by atoms with Gasteiger partial charge in [0.1, 0.15) is 0 Å². The number of carbonyl (C=O) groups is 2. The third kappa shape index (κ3) is 2.45. The molecule has 0 saturated carbocycles. The second kappa shape index (κ2) is 5.91. The van der Waals surface area contributed by atoms with Gasteiger partial charge in [0.2, 0.25) is 5.91 Å². The minimum Gasteiger partial charge on any atom is -0.345 e. The standard InChI is InChI=1S/C18H20N4O2S/c1-12-15(19-20-25-12)16(23)22-9-8-18(11-22)14(10-21(2)17(18)24)13-6-4-3-5-7-13/h3-7,14H,8-11H2,1-2H3. The van der Waals surface area contributed by atoms with E-state index in [1.165, 1.54) is 17.1 Å². The largest absolute Gasteiger partial charge is 0.345 e. The number of rotatable bonds is 2. The van der Waals surface area contributed by atoms with E-state index in [1.54, 1.807) is 9.80 Å². The summed E-state index contributed by atoms with van der Waals surface area (Å²) in [4.78, 5) is 30.2. The molecule has 2 unspecified atom stereocenters. The number of likely N-dealkylation sites (N-methyl/N-ethyl adjacent to an activating group) is 1. The van der Waals surface area contributed by atoms with Crippen molar-refractivity contribution in [3.05, 3.63) is 46.5 Å². The van der Waals surface area contributed by atoms with Gasteiger partial charge in [0.05, 0.1) is 10.3 Å². The predicted octanol–water partition coefficient (Wildman–Crippen LogP) is 1.93. The predicted molar refractivity (Wildman–Crippen MR) is 94.4 cm³/mol. The molecule has 7 heteroatoms. The summed E-state index contributed by atoms with van der Waals surface area (Å²) in [5.41, 5.74) is 1.06. The second-order valence-electron chi connectivity index (χ2n) is 6.96. The summed E-state index contributed by atoms with van der Waals surface area (Å²) in [7, 11) is 1.85. The Kier molecular flexibility index (Phi) is 3.83. The van der Waals surface area contributed by atoms with Crippen LogP contribution in [0.2, 0.25) is 0 Å². The smallest absolute Gasteiger partial charge is 0.275 e. The number of benzene rings is 1. The molecule has 2 fully saturated rings. The SMILES string of the molecule is Cc1snnc1C(=O)N1CCC2(C1)C(=O)N(C)CC2c1ccccc1. The van der Waals surface area contributed by atoms with Gasteiger partial charge >= 0.3 is 0 Å². The zero-order chi connectivity index (χ0) is 17.6. The first-order chi connectivity index (χ1) is 12.0. The second-order valence-corrected chi connectivity index (χ2v) is 7.92. The summed E-state index contributed by atoms with van der Waals surface area (Å²) >= 11 is 1.23. The van der Waals surface area contributed by atoms with Gasteiger partial charge < -0.3 is 9.80 Å². The molecule has 1 aromatic carbocycles. The van der Waals surface area contributed by atoms with Crippen molar-refractivity contribution in [1.82, 2.24) is 19.4 Å². The van der Waals surface area contributed by atoms with Gasteiger partial charge in [-0.05, 0) is 30.4 Å². The summed E-state index contributed by atoms with van der Waals surface area (Å²) in [6.07, 6.45) is 0.693. The Bertz CT molecular complexity index is 821. The van der Waals surface area contributed by atoms with E-state index in [9.17, 15) is 9.59 Å². The van der Waals surface area contributed by atoms with Gasteiger partial charge in [-0.15, -0.1) is 5.10 Å². The topological polar surface area (TPSA) is 66.4 Å². The number of hydrogen-bond donors (Lipinski definition) is 0. The highest BCUT2D eigenvalue weighted by Crippen LogP contribution is 2.49. The molecule has 2 saturated heterocycles. The Balaban J connectivity index is 1.65. The Labute approximate surface area is 150 Å². The molecule has 3 heterocycles. The molecule has 0 aliphatic carbocycles. The van der Waals surface area contributed by atoms with Crippen molar-refractivity contribution < 1.29 is 9.59 Å². The van der Waals surface area contributed by atoms with Crippen LogP contribution in [-0.2, 0) is 4.79 Å². The molecule has 4 rings (SSSR count). The maximum Gasteiger partial charge on any atom is 0.275 e. The molecule has 2 atom stereocenters. The minimum absolute atomic E-state index is 0.110. The fraction of sp³-hybridized carbons (Fsp3) is 0.444. The van der Waals surface area contributed by atoms with E-state index in [0.29, 0.717) is 31.7 Å². The third-order valence-corrected chi connectivity index (χ3v) is 6.17. The number of aromatic nitrogens is 2. The van der Waals surface area contributed by atoms with Crippen LogP contribution in [0.15, 0.2) is 30.3 Å². The van der Waals surface area contributed by atoms with Gasteiger partial charge in [0, 0.05) is 32.6 Å². The highest BCUT2D eigenvalue weighted by Gasteiger charge is 2.57. The van der Waals surface area contributed by atoms with E-state index in [-0.39, 0.29) is 17.7 Å². The van der Waals surface area contributed by atoms with Crippen molar-refractivity contribution in [2.45, 2.75) is 19.3 Å². The number of aryl methyl sites for hydroxylation is 1. The van der Waals surface area contributed by atoms with Gasteiger partial charge in [-0.25, -0.2) is 0 Å². The highest BCUT2D eigenvalue weighted by atomic mass is 32.1. The van der Waals surface area contributed by atoms with Crippen LogP contribution in [0.5, 0.6) is 0 Å². The Hall–Kier alpha value is -2.28. The van der Waals surface area contributed by atoms with E-state index in [2.05, 4.69) is 21.7 Å². The average molecular weight is 356 g/mol. The summed E-state index contributed by atoms with van der Waals surface area (Å²) < 4.78 is 3.86. The molecule has 25 heavy (non-hydrogen) atoms. The van der Waals surface area contributed by atoms with Crippen LogP contribution in [-0.4, -0.2) is 57.9 Å². The van der Waals surface area contributed by atoms with Crippen molar-refractivity contribution in [1.29, 1.82) is 0 Å². The molecule has 6 nitrogen and oxygen atoms in total. The van der Waals surface area contributed by atoms with Crippen LogP contribution in [0.4, 0.5) is 0 Å². The summed E-state index contributed by atoms with van der Waals surface area (Å²) in [6.45, 7) is 3.58. The molecular formula is C18H20N4O2S. The van der Waals surface area contributed by atoms with E-state index in [4.69, 9.17) is 0 Å². The number of hydrogen-bond acceptors (Lipinski definition) is 5. The molecule has 1 aromatic heterocycles. The summed E-state index contributed by atoms with van der Waals surface area (Å²) in [5.74, 6) is 0.140.